The van der Waals surface area contributed by atoms with Gasteiger partial charge in [0, 0.05) is 25.4 Å². The van der Waals surface area contributed by atoms with Gasteiger partial charge in [0.2, 0.25) is 0 Å². The van der Waals surface area contributed by atoms with Crippen molar-refractivity contribution in [3.8, 4) is 0 Å². The van der Waals surface area contributed by atoms with Gasteiger partial charge in [0.05, 0.1) is 5.41 Å². The Morgan fingerprint density at radius 3 is 2.58 bits per heavy atom. The molecule has 0 saturated heterocycles. The van der Waals surface area contributed by atoms with Crippen LogP contribution in [0.1, 0.15) is 12.0 Å². The van der Waals surface area contributed by atoms with Crippen LogP contribution in [0.4, 0.5) is 14.6 Å². The van der Waals surface area contributed by atoms with Gasteiger partial charge in [-0.15, -0.1) is 0 Å². The minimum atomic E-state index is -2.86. The Hall–Kier alpha value is -2.77. The zero-order valence-electron chi connectivity index (χ0n) is 12.6. The summed E-state index contributed by atoms with van der Waals surface area (Å²) in [4.78, 5) is 26.7. The first-order chi connectivity index (χ1) is 11.4. The van der Waals surface area contributed by atoms with Gasteiger partial charge in [-0.3, -0.25) is 14.2 Å². The maximum Gasteiger partial charge on any atom is 0.323 e. The Bertz CT molecular complexity index is 823. The van der Waals surface area contributed by atoms with E-state index in [1.54, 1.807) is 30.3 Å². The molecule has 2 N–H and O–H groups in total. The molecular formula is C16H15F2N3O3. The second kappa shape index (κ2) is 5.70. The Morgan fingerprint density at radius 2 is 2.00 bits per heavy atom. The molecule has 1 heterocycles. The maximum atomic E-state index is 14.0. The minimum absolute atomic E-state index is 0.142. The lowest BCUT2D eigenvalue weighted by Gasteiger charge is -2.18. The van der Waals surface area contributed by atoms with Crippen molar-refractivity contribution < 1.29 is 18.7 Å². The Kier molecular flexibility index (Phi) is 3.82. The maximum absolute atomic E-state index is 14.0. The van der Waals surface area contributed by atoms with E-state index in [0.29, 0.717) is 5.56 Å². The van der Waals surface area contributed by atoms with Crippen LogP contribution in [0.15, 0.2) is 47.5 Å². The largest absolute Gasteiger partial charge is 0.480 e. The van der Waals surface area contributed by atoms with Crippen LogP contribution in [0.25, 0.3) is 0 Å². The van der Waals surface area contributed by atoms with Crippen LogP contribution in [-0.2, 0) is 16.8 Å². The van der Waals surface area contributed by atoms with E-state index in [9.17, 15) is 18.4 Å². The smallest absolute Gasteiger partial charge is 0.323 e. The molecule has 0 bridgehead atoms. The van der Waals surface area contributed by atoms with Crippen molar-refractivity contribution in [3.05, 3.63) is 58.6 Å². The quantitative estimate of drug-likeness (QED) is 0.840. The highest BCUT2D eigenvalue weighted by molar-refractivity contribution is 5.66. The van der Waals surface area contributed by atoms with E-state index in [-0.39, 0.29) is 18.8 Å². The fourth-order valence-electron chi connectivity index (χ4n) is 2.77. The molecule has 0 amide bonds. The number of carboxylic acids is 1. The lowest BCUT2D eigenvalue weighted by molar-refractivity contribution is -0.137. The zero-order chi connectivity index (χ0) is 17.4. The van der Waals surface area contributed by atoms with Crippen molar-refractivity contribution in [2.45, 2.75) is 24.3 Å². The van der Waals surface area contributed by atoms with Crippen LogP contribution in [-0.4, -0.2) is 33.1 Å². The lowest BCUT2D eigenvalue weighted by atomic mass is 9.95. The summed E-state index contributed by atoms with van der Waals surface area (Å²) in [7, 11) is 0. The van der Waals surface area contributed by atoms with Crippen molar-refractivity contribution >= 4 is 11.8 Å². The summed E-state index contributed by atoms with van der Waals surface area (Å²) in [6.45, 7) is -0.681. The first kappa shape index (κ1) is 16.1. The van der Waals surface area contributed by atoms with Gasteiger partial charge in [0.15, 0.2) is 5.82 Å². The molecule has 3 rings (SSSR count). The summed E-state index contributed by atoms with van der Waals surface area (Å²) in [5.41, 5.74) is -1.55. The number of benzene rings is 1. The molecule has 1 aliphatic carbocycles. The van der Waals surface area contributed by atoms with E-state index < -0.39 is 29.4 Å². The van der Waals surface area contributed by atoms with Crippen LogP contribution < -0.4 is 10.9 Å². The predicted octanol–water partition coefficient (Wildman–Crippen LogP) is 1.72. The van der Waals surface area contributed by atoms with Crippen LogP contribution in [0.2, 0.25) is 0 Å². The average Bonchev–Trinajstić information content (AvgIpc) is 3.11. The van der Waals surface area contributed by atoms with Gasteiger partial charge in [-0.1, -0.05) is 30.3 Å². The number of aromatic nitrogens is 2. The van der Waals surface area contributed by atoms with Crippen LogP contribution >= 0.6 is 0 Å². The average molecular weight is 335 g/mol. The topological polar surface area (TPSA) is 84.2 Å². The monoisotopic (exact) mass is 335 g/mol. The lowest BCUT2D eigenvalue weighted by Crippen LogP contribution is -2.31. The number of rotatable bonds is 6. The van der Waals surface area contributed by atoms with Gasteiger partial charge < -0.3 is 10.4 Å². The number of aliphatic carboxylic acids is 1. The molecule has 1 unspecified atom stereocenters. The van der Waals surface area contributed by atoms with E-state index in [1.165, 1.54) is 12.4 Å². The number of nitrogens with one attached hydrogen (secondary N) is 1. The zero-order valence-corrected chi connectivity index (χ0v) is 12.6. The Labute approximate surface area is 135 Å². The van der Waals surface area contributed by atoms with Gasteiger partial charge in [-0.05, 0) is 5.56 Å². The third kappa shape index (κ3) is 2.75. The number of carboxylic acid groups (broad SMARTS) is 1. The Balaban J connectivity index is 1.83. The molecule has 6 nitrogen and oxygen atoms in total. The highest BCUT2D eigenvalue weighted by Gasteiger charge is 2.71. The molecule has 24 heavy (non-hydrogen) atoms. The highest BCUT2D eigenvalue weighted by atomic mass is 19.3. The summed E-state index contributed by atoms with van der Waals surface area (Å²) in [5.74, 6) is -4.18. The molecule has 1 aliphatic rings. The van der Waals surface area contributed by atoms with E-state index in [0.717, 1.165) is 4.57 Å². The summed E-state index contributed by atoms with van der Waals surface area (Å²) in [6.07, 6.45) is 2.18. The number of hydrogen-bond donors (Lipinski definition) is 2. The third-order valence-electron chi connectivity index (χ3n) is 4.20. The van der Waals surface area contributed by atoms with Crippen molar-refractivity contribution in [1.29, 1.82) is 0 Å². The van der Waals surface area contributed by atoms with E-state index in [4.69, 9.17) is 5.11 Å². The summed E-state index contributed by atoms with van der Waals surface area (Å²) < 4.78 is 28.9. The number of hydrogen-bond acceptors (Lipinski definition) is 4. The molecule has 1 aromatic carbocycles. The molecule has 2 aromatic rings. The Morgan fingerprint density at radius 1 is 1.33 bits per heavy atom. The molecular weight excluding hydrogens is 320 g/mol. The second-order valence-electron chi connectivity index (χ2n) is 5.79. The molecule has 126 valence electrons. The van der Waals surface area contributed by atoms with Gasteiger partial charge in [-0.2, -0.15) is 0 Å². The minimum Gasteiger partial charge on any atom is -0.480 e. The number of halogens is 2. The van der Waals surface area contributed by atoms with E-state index in [2.05, 4.69) is 10.3 Å². The number of carbonyl (C=O) groups is 1. The van der Waals surface area contributed by atoms with Crippen LogP contribution in [0.5, 0.6) is 0 Å². The first-order valence-corrected chi connectivity index (χ1v) is 7.30. The number of alkyl halides is 2. The van der Waals surface area contributed by atoms with E-state index in [1.807, 2.05) is 0 Å². The van der Waals surface area contributed by atoms with Gasteiger partial charge >= 0.3 is 5.97 Å². The SMILES string of the molecule is O=C(O)Cn1ccnc(NCC2(c3ccccc3)CC2(F)F)c1=O. The summed E-state index contributed by atoms with van der Waals surface area (Å²) >= 11 is 0. The molecule has 1 saturated carbocycles. The van der Waals surface area contributed by atoms with Crippen molar-refractivity contribution in [2.75, 3.05) is 11.9 Å². The second-order valence-corrected chi connectivity index (χ2v) is 5.79. The van der Waals surface area contributed by atoms with Gasteiger partial charge in [0.25, 0.3) is 11.5 Å². The normalized spacial score (nSPS) is 21.2. The van der Waals surface area contributed by atoms with Gasteiger partial charge in [-0.25, -0.2) is 13.8 Å². The molecule has 1 aromatic heterocycles. The van der Waals surface area contributed by atoms with Crippen LogP contribution in [0, 0.1) is 0 Å². The molecule has 0 spiro atoms. The fraction of sp³-hybridized carbons (Fsp3) is 0.312. The molecule has 1 atom stereocenters. The molecule has 8 heteroatoms. The fourth-order valence-corrected chi connectivity index (χ4v) is 2.77. The van der Waals surface area contributed by atoms with Crippen molar-refractivity contribution in [2.24, 2.45) is 0 Å². The number of anilines is 1. The third-order valence-corrected chi connectivity index (χ3v) is 4.20. The van der Waals surface area contributed by atoms with E-state index >= 15 is 0 Å². The van der Waals surface area contributed by atoms with Crippen molar-refractivity contribution in [3.63, 3.8) is 0 Å². The molecule has 0 aliphatic heterocycles. The molecule has 1 fully saturated rings. The molecule has 0 radical (unpaired) electrons. The van der Waals surface area contributed by atoms with Gasteiger partial charge in [0.1, 0.15) is 6.54 Å². The predicted molar refractivity (Wildman–Crippen MR) is 82.3 cm³/mol. The van der Waals surface area contributed by atoms with Crippen molar-refractivity contribution in [1.82, 2.24) is 9.55 Å². The highest BCUT2D eigenvalue weighted by Crippen LogP contribution is 2.61. The van der Waals surface area contributed by atoms with Crippen LogP contribution in [0.3, 0.4) is 0 Å². The first-order valence-electron chi connectivity index (χ1n) is 7.30. The summed E-state index contributed by atoms with van der Waals surface area (Å²) in [6, 6.07) is 8.38. The standard InChI is InChI=1S/C16H15F2N3O3/c17-16(18)9-15(16,11-4-2-1-3-5-11)10-20-13-14(24)21(7-6-19-13)8-12(22)23/h1-7H,8-10H2,(H,19,20)(H,22,23). The number of nitrogens with zero attached hydrogens (tertiary/aromatic N) is 2. The summed E-state index contributed by atoms with van der Waals surface area (Å²) in [5, 5.41) is 11.4.